The molecule has 0 spiro atoms. The van der Waals surface area contributed by atoms with Crippen LogP contribution in [0.5, 0.6) is 0 Å². The van der Waals surface area contributed by atoms with Crippen LogP contribution in [0.3, 0.4) is 0 Å². The van der Waals surface area contributed by atoms with Gasteiger partial charge in [-0.3, -0.25) is 9.59 Å². The first-order valence-corrected chi connectivity index (χ1v) is 9.88. The predicted molar refractivity (Wildman–Crippen MR) is 101 cm³/mol. The molecular formula is C21H28F3NO4. The lowest BCUT2D eigenvalue weighted by Crippen LogP contribution is -2.59. The van der Waals surface area contributed by atoms with Crippen molar-refractivity contribution in [2.75, 3.05) is 20.3 Å². The van der Waals surface area contributed by atoms with E-state index in [-0.39, 0.29) is 25.1 Å². The van der Waals surface area contributed by atoms with E-state index in [0.29, 0.717) is 6.42 Å². The van der Waals surface area contributed by atoms with Gasteiger partial charge in [-0.1, -0.05) is 49.6 Å². The Morgan fingerprint density at radius 3 is 2.41 bits per heavy atom. The minimum Gasteiger partial charge on any atom is -0.464 e. The summed E-state index contributed by atoms with van der Waals surface area (Å²) in [7, 11) is 0.888. The lowest BCUT2D eigenvalue weighted by Gasteiger charge is -2.40. The molecule has 0 radical (unpaired) electrons. The van der Waals surface area contributed by atoms with Crippen molar-refractivity contribution >= 4 is 11.9 Å². The lowest BCUT2D eigenvalue weighted by molar-refractivity contribution is -0.271. The van der Waals surface area contributed by atoms with Gasteiger partial charge in [0.2, 0.25) is 0 Å². The topological polar surface area (TPSA) is 55.8 Å². The maximum Gasteiger partial charge on any atom is 0.430 e. The first kappa shape index (κ1) is 23.2. The van der Waals surface area contributed by atoms with E-state index in [0.717, 1.165) is 37.7 Å². The smallest absolute Gasteiger partial charge is 0.430 e. The van der Waals surface area contributed by atoms with Crippen molar-refractivity contribution in [3.8, 4) is 0 Å². The second kappa shape index (κ2) is 10.1. The number of halogens is 3. The number of esters is 1. The van der Waals surface area contributed by atoms with E-state index in [1.54, 1.807) is 13.0 Å². The number of carbonyl (C=O) groups excluding carboxylic acids is 2. The first-order chi connectivity index (χ1) is 13.7. The molecule has 1 fully saturated rings. The molecule has 0 aliphatic carbocycles. The van der Waals surface area contributed by atoms with Gasteiger partial charge in [-0.25, -0.2) is 0 Å². The number of cyclic esters (lactones) is 1. The van der Waals surface area contributed by atoms with E-state index >= 15 is 0 Å². The minimum atomic E-state index is -4.97. The second-order valence-electron chi connectivity index (χ2n) is 7.27. The summed E-state index contributed by atoms with van der Waals surface area (Å²) in [4.78, 5) is 26.2. The molecule has 8 heteroatoms. The van der Waals surface area contributed by atoms with Gasteiger partial charge in [0.1, 0.15) is 6.61 Å². The molecule has 1 amide bonds. The van der Waals surface area contributed by atoms with Crippen molar-refractivity contribution in [2.24, 2.45) is 0 Å². The highest BCUT2D eigenvalue weighted by atomic mass is 19.4. The van der Waals surface area contributed by atoms with Crippen LogP contribution in [-0.4, -0.2) is 49.3 Å². The number of methoxy groups -OCH3 is 1. The summed E-state index contributed by atoms with van der Waals surface area (Å²) in [5.74, 6) is -1.60. The van der Waals surface area contributed by atoms with Crippen LogP contribution in [0, 0.1) is 0 Å². The molecule has 0 unspecified atom stereocenters. The van der Waals surface area contributed by atoms with Crippen LogP contribution in [0.4, 0.5) is 13.2 Å². The zero-order valence-corrected chi connectivity index (χ0v) is 16.8. The summed E-state index contributed by atoms with van der Waals surface area (Å²) in [6, 6.07) is 6.45. The maximum absolute atomic E-state index is 14.2. The fourth-order valence-electron chi connectivity index (χ4n) is 3.67. The number of benzene rings is 1. The Balaban J connectivity index is 2.40. The second-order valence-corrected chi connectivity index (χ2v) is 7.27. The van der Waals surface area contributed by atoms with E-state index in [9.17, 15) is 22.8 Å². The van der Waals surface area contributed by atoms with Crippen molar-refractivity contribution in [1.29, 1.82) is 0 Å². The number of hydrogen-bond acceptors (Lipinski definition) is 4. The monoisotopic (exact) mass is 415 g/mol. The fourth-order valence-corrected chi connectivity index (χ4v) is 3.67. The van der Waals surface area contributed by atoms with Gasteiger partial charge in [0.05, 0.1) is 6.54 Å². The van der Waals surface area contributed by atoms with Crippen molar-refractivity contribution in [2.45, 2.75) is 63.3 Å². The summed E-state index contributed by atoms with van der Waals surface area (Å²) in [5, 5.41) is 0. The summed E-state index contributed by atoms with van der Waals surface area (Å²) in [6.45, 7) is 1.44. The van der Waals surface area contributed by atoms with Crippen LogP contribution < -0.4 is 0 Å². The Bertz CT molecular complexity index is 680. The number of amides is 1. The lowest BCUT2D eigenvalue weighted by atomic mass is 9.90. The number of rotatable bonds is 3. The highest BCUT2D eigenvalue weighted by molar-refractivity contribution is 5.88. The van der Waals surface area contributed by atoms with Crippen molar-refractivity contribution < 1.29 is 32.2 Å². The summed E-state index contributed by atoms with van der Waals surface area (Å²) in [5.41, 5.74) is -3.40. The first-order valence-electron chi connectivity index (χ1n) is 9.88. The molecule has 2 atom stereocenters. The van der Waals surface area contributed by atoms with Crippen LogP contribution in [0.25, 0.3) is 0 Å². The Morgan fingerprint density at radius 1 is 1.14 bits per heavy atom. The Labute approximate surface area is 169 Å². The molecule has 1 heterocycles. The van der Waals surface area contributed by atoms with Crippen LogP contribution in [0.1, 0.15) is 51.0 Å². The number of ether oxygens (including phenoxy) is 2. The average Bonchev–Trinajstić information content (AvgIpc) is 2.67. The maximum atomic E-state index is 14.2. The van der Waals surface area contributed by atoms with Crippen molar-refractivity contribution in [1.82, 2.24) is 4.90 Å². The van der Waals surface area contributed by atoms with Gasteiger partial charge in [-0.2, -0.15) is 13.2 Å². The third kappa shape index (κ3) is 5.29. The van der Waals surface area contributed by atoms with Gasteiger partial charge in [0, 0.05) is 25.1 Å². The van der Waals surface area contributed by atoms with E-state index in [2.05, 4.69) is 0 Å². The Morgan fingerprint density at radius 2 is 1.79 bits per heavy atom. The van der Waals surface area contributed by atoms with Crippen LogP contribution in [0.2, 0.25) is 0 Å². The van der Waals surface area contributed by atoms with Crippen LogP contribution >= 0.6 is 0 Å². The minimum absolute atomic E-state index is 0.125. The molecule has 0 saturated carbocycles. The standard InChI is InChI=1S/C21H28F3NO4/c1-16-10-6-3-4-9-13-18(26)29-15-14-25(16)19(27)20(28-2,21(22,23)24)17-11-7-5-8-12-17/h5,7-8,11-12,16H,3-4,6,9-10,13-15H2,1-2H3/t16-,20-/m1/s1. The summed E-state index contributed by atoms with van der Waals surface area (Å²) >= 11 is 0. The predicted octanol–water partition coefficient (Wildman–Crippen LogP) is 4.21. The summed E-state index contributed by atoms with van der Waals surface area (Å²) in [6.07, 6.45) is -0.968. The molecule has 0 N–H and O–H groups in total. The van der Waals surface area contributed by atoms with Gasteiger partial charge in [0.15, 0.2) is 0 Å². The van der Waals surface area contributed by atoms with Crippen LogP contribution in [-0.2, 0) is 24.7 Å². The van der Waals surface area contributed by atoms with Crippen molar-refractivity contribution in [3.05, 3.63) is 35.9 Å². The SMILES string of the molecule is CO[C@@](C(=O)N1CCOC(=O)CCCCCC[C@H]1C)(c1ccccc1)C(F)(F)F. The highest BCUT2D eigenvalue weighted by Crippen LogP contribution is 2.43. The fraction of sp³-hybridized carbons (Fsp3) is 0.619. The quantitative estimate of drug-likeness (QED) is 0.694. The molecule has 1 aliphatic rings. The normalized spacial score (nSPS) is 22.0. The molecule has 1 aromatic carbocycles. The molecule has 1 aromatic rings. The van der Waals surface area contributed by atoms with E-state index in [1.165, 1.54) is 24.3 Å². The van der Waals surface area contributed by atoms with E-state index in [1.807, 2.05) is 0 Å². The van der Waals surface area contributed by atoms with Gasteiger partial charge in [-0.15, -0.1) is 0 Å². The average molecular weight is 415 g/mol. The zero-order valence-electron chi connectivity index (χ0n) is 16.8. The molecular weight excluding hydrogens is 387 g/mol. The zero-order chi connectivity index (χ0) is 21.5. The van der Waals surface area contributed by atoms with E-state index in [4.69, 9.17) is 9.47 Å². The van der Waals surface area contributed by atoms with Gasteiger partial charge < -0.3 is 14.4 Å². The van der Waals surface area contributed by atoms with Gasteiger partial charge in [0.25, 0.3) is 11.5 Å². The molecule has 5 nitrogen and oxygen atoms in total. The molecule has 0 aromatic heterocycles. The largest absolute Gasteiger partial charge is 0.464 e. The van der Waals surface area contributed by atoms with E-state index < -0.39 is 29.7 Å². The molecule has 29 heavy (non-hydrogen) atoms. The molecule has 162 valence electrons. The molecule has 1 aliphatic heterocycles. The number of carbonyl (C=O) groups is 2. The van der Waals surface area contributed by atoms with Gasteiger partial charge >= 0.3 is 12.1 Å². The Kier molecular flexibility index (Phi) is 8.07. The number of alkyl halides is 3. The summed E-state index contributed by atoms with van der Waals surface area (Å²) < 4.78 is 52.8. The number of nitrogens with zero attached hydrogens (tertiary/aromatic N) is 1. The molecule has 2 rings (SSSR count). The third-order valence-corrected chi connectivity index (χ3v) is 5.33. The van der Waals surface area contributed by atoms with Crippen molar-refractivity contribution in [3.63, 3.8) is 0 Å². The highest BCUT2D eigenvalue weighted by Gasteiger charge is 2.64. The van der Waals surface area contributed by atoms with Gasteiger partial charge in [-0.05, 0) is 19.8 Å². The molecule has 1 saturated heterocycles. The third-order valence-electron chi connectivity index (χ3n) is 5.33. The Hall–Kier alpha value is -2.09. The van der Waals surface area contributed by atoms with Crippen LogP contribution in [0.15, 0.2) is 30.3 Å². The molecule has 0 bridgehead atoms. The number of hydrogen-bond donors (Lipinski definition) is 0.